The van der Waals surface area contributed by atoms with Gasteiger partial charge in [0.1, 0.15) is 6.61 Å². The molecule has 0 unspecified atom stereocenters. The van der Waals surface area contributed by atoms with E-state index in [4.69, 9.17) is 4.74 Å². The van der Waals surface area contributed by atoms with Crippen molar-refractivity contribution in [2.45, 2.75) is 19.9 Å². The highest BCUT2D eigenvalue weighted by atomic mass is 35.5. The molecule has 0 fully saturated rings. The molecule has 1 N–H and O–H groups in total. The number of carbonyl (C=O) groups excluding carboxylic acids is 1. The Bertz CT molecular complexity index is 412. The Kier molecular flexibility index (Phi) is 6.84. The summed E-state index contributed by atoms with van der Waals surface area (Å²) in [6, 6.07) is 8.03. The number of nitrogens with zero attached hydrogens (tertiary/aromatic N) is 1. The minimum atomic E-state index is 0. The average Bonchev–Trinajstić information content (AvgIpc) is 2.61. The van der Waals surface area contributed by atoms with Crippen LogP contribution in [0.2, 0.25) is 0 Å². The summed E-state index contributed by atoms with van der Waals surface area (Å²) in [6.45, 7) is 5.17. The number of rotatable bonds is 4. The van der Waals surface area contributed by atoms with Crippen LogP contribution in [0.1, 0.15) is 18.9 Å². The van der Waals surface area contributed by atoms with Gasteiger partial charge in [0.15, 0.2) is 0 Å². The zero-order valence-electron chi connectivity index (χ0n) is 11.2. The van der Waals surface area contributed by atoms with E-state index in [1.165, 1.54) is 5.56 Å². The first-order chi connectivity index (χ1) is 8.83. The highest BCUT2D eigenvalue weighted by Gasteiger charge is 2.20. The number of amides is 1. The van der Waals surface area contributed by atoms with Crippen LogP contribution in [-0.2, 0) is 16.1 Å². The van der Waals surface area contributed by atoms with Gasteiger partial charge in [0.25, 0.3) is 5.91 Å². The van der Waals surface area contributed by atoms with Crippen molar-refractivity contribution in [1.82, 2.24) is 5.32 Å². The Morgan fingerprint density at radius 1 is 1.42 bits per heavy atom. The fourth-order valence-corrected chi connectivity index (χ4v) is 2.10. The van der Waals surface area contributed by atoms with Crippen LogP contribution >= 0.6 is 12.4 Å². The third kappa shape index (κ3) is 4.20. The molecule has 0 bridgehead atoms. The molecule has 0 atom stereocenters. The molecule has 0 aromatic heterocycles. The van der Waals surface area contributed by atoms with Gasteiger partial charge in [-0.15, -0.1) is 12.4 Å². The number of ether oxygens (including phenoxy) is 1. The number of benzene rings is 1. The smallest absolute Gasteiger partial charge is 0.253 e. The molecule has 1 aliphatic heterocycles. The van der Waals surface area contributed by atoms with E-state index in [1.807, 2.05) is 30.0 Å². The van der Waals surface area contributed by atoms with E-state index < -0.39 is 0 Å². The summed E-state index contributed by atoms with van der Waals surface area (Å²) >= 11 is 0. The lowest BCUT2D eigenvalue weighted by atomic mass is 10.1. The van der Waals surface area contributed by atoms with Crippen LogP contribution in [0.25, 0.3) is 0 Å². The minimum Gasteiger partial charge on any atom is -0.372 e. The molecule has 0 saturated heterocycles. The van der Waals surface area contributed by atoms with Gasteiger partial charge >= 0.3 is 0 Å². The number of fused-ring (bicyclic) bond motifs is 1. The Labute approximate surface area is 120 Å². The lowest BCUT2D eigenvalue weighted by molar-refractivity contribution is -0.123. The standard InChI is InChI=1S/C14H20N2O2.ClH/c1-2-9-18-11-14(17)16-8-7-15-10-12-5-3-4-6-13(12)16;/h3-6,15H,2,7-11H2,1H3;1H. The first-order valence-corrected chi connectivity index (χ1v) is 6.49. The van der Waals surface area contributed by atoms with E-state index in [2.05, 4.69) is 11.4 Å². The molecule has 0 saturated carbocycles. The summed E-state index contributed by atoms with van der Waals surface area (Å²) in [6.07, 6.45) is 0.936. The molecule has 1 heterocycles. The predicted molar refractivity (Wildman–Crippen MR) is 78.9 cm³/mol. The fraction of sp³-hybridized carbons (Fsp3) is 0.500. The largest absolute Gasteiger partial charge is 0.372 e. The van der Waals surface area contributed by atoms with Gasteiger partial charge in [-0.25, -0.2) is 0 Å². The molecule has 1 aliphatic rings. The number of hydrogen-bond acceptors (Lipinski definition) is 3. The van der Waals surface area contributed by atoms with Gasteiger partial charge in [-0.2, -0.15) is 0 Å². The van der Waals surface area contributed by atoms with Crippen LogP contribution in [-0.4, -0.2) is 32.2 Å². The number of anilines is 1. The van der Waals surface area contributed by atoms with E-state index in [0.29, 0.717) is 13.2 Å². The second-order valence-corrected chi connectivity index (χ2v) is 4.40. The summed E-state index contributed by atoms with van der Waals surface area (Å²) in [7, 11) is 0. The van der Waals surface area contributed by atoms with Crippen molar-refractivity contribution in [2.75, 3.05) is 31.2 Å². The Morgan fingerprint density at radius 2 is 2.21 bits per heavy atom. The van der Waals surface area contributed by atoms with Crippen LogP contribution in [0.15, 0.2) is 24.3 Å². The maximum Gasteiger partial charge on any atom is 0.253 e. The summed E-state index contributed by atoms with van der Waals surface area (Å²) in [5.74, 6) is 0.0413. The van der Waals surface area contributed by atoms with E-state index in [1.54, 1.807) is 0 Å². The zero-order chi connectivity index (χ0) is 12.8. The first-order valence-electron chi connectivity index (χ1n) is 6.49. The SMILES string of the molecule is CCCOCC(=O)N1CCNCc2ccccc21.Cl. The normalized spacial score (nSPS) is 14.3. The second kappa shape index (κ2) is 8.15. The number of hydrogen-bond donors (Lipinski definition) is 1. The monoisotopic (exact) mass is 284 g/mol. The number of para-hydroxylation sites is 1. The van der Waals surface area contributed by atoms with Crippen molar-refractivity contribution in [2.24, 2.45) is 0 Å². The number of halogens is 1. The van der Waals surface area contributed by atoms with Crippen LogP contribution in [0.3, 0.4) is 0 Å². The third-order valence-electron chi connectivity index (χ3n) is 2.99. The fourth-order valence-electron chi connectivity index (χ4n) is 2.10. The van der Waals surface area contributed by atoms with Gasteiger partial charge in [-0.1, -0.05) is 25.1 Å². The summed E-state index contributed by atoms with van der Waals surface area (Å²) in [5, 5.41) is 3.32. The topological polar surface area (TPSA) is 41.6 Å². The second-order valence-electron chi connectivity index (χ2n) is 4.40. The van der Waals surface area contributed by atoms with Crippen molar-refractivity contribution in [3.05, 3.63) is 29.8 Å². The Balaban J connectivity index is 0.00000180. The maximum absolute atomic E-state index is 12.2. The van der Waals surface area contributed by atoms with Gasteiger partial charge in [-0.3, -0.25) is 4.79 Å². The Hall–Kier alpha value is -1.10. The van der Waals surface area contributed by atoms with Crippen LogP contribution in [0.5, 0.6) is 0 Å². The van der Waals surface area contributed by atoms with Crippen molar-refractivity contribution in [1.29, 1.82) is 0 Å². The molecule has 106 valence electrons. The lowest BCUT2D eigenvalue weighted by Gasteiger charge is -2.22. The molecular weight excluding hydrogens is 264 g/mol. The van der Waals surface area contributed by atoms with Crippen molar-refractivity contribution >= 4 is 24.0 Å². The van der Waals surface area contributed by atoms with E-state index >= 15 is 0 Å². The average molecular weight is 285 g/mol. The van der Waals surface area contributed by atoms with Crippen molar-refractivity contribution < 1.29 is 9.53 Å². The summed E-state index contributed by atoms with van der Waals surface area (Å²) < 4.78 is 5.34. The third-order valence-corrected chi connectivity index (χ3v) is 2.99. The minimum absolute atomic E-state index is 0. The predicted octanol–water partition coefficient (Wildman–Crippen LogP) is 1.97. The van der Waals surface area contributed by atoms with E-state index in [9.17, 15) is 4.79 Å². The quantitative estimate of drug-likeness (QED) is 0.860. The molecule has 5 heteroatoms. The van der Waals surface area contributed by atoms with E-state index in [0.717, 1.165) is 25.2 Å². The van der Waals surface area contributed by atoms with Gasteiger partial charge < -0.3 is 15.0 Å². The van der Waals surface area contributed by atoms with Crippen LogP contribution in [0.4, 0.5) is 5.69 Å². The Morgan fingerprint density at radius 3 is 3.00 bits per heavy atom. The molecule has 1 amide bonds. The number of nitrogens with one attached hydrogen (secondary N) is 1. The first kappa shape index (κ1) is 16.0. The molecule has 2 rings (SSSR count). The van der Waals surface area contributed by atoms with Crippen LogP contribution < -0.4 is 10.2 Å². The molecule has 0 radical (unpaired) electrons. The van der Waals surface area contributed by atoms with Gasteiger partial charge in [0.05, 0.1) is 0 Å². The highest BCUT2D eigenvalue weighted by molar-refractivity contribution is 5.95. The summed E-state index contributed by atoms with van der Waals surface area (Å²) in [4.78, 5) is 14.0. The molecule has 0 spiro atoms. The van der Waals surface area contributed by atoms with Crippen molar-refractivity contribution in [3.63, 3.8) is 0 Å². The maximum atomic E-state index is 12.2. The molecule has 4 nitrogen and oxygen atoms in total. The van der Waals surface area contributed by atoms with Gasteiger partial charge in [0.2, 0.25) is 0 Å². The molecule has 19 heavy (non-hydrogen) atoms. The van der Waals surface area contributed by atoms with Crippen molar-refractivity contribution in [3.8, 4) is 0 Å². The van der Waals surface area contributed by atoms with E-state index in [-0.39, 0.29) is 24.9 Å². The molecule has 1 aromatic carbocycles. The van der Waals surface area contributed by atoms with Gasteiger partial charge in [-0.05, 0) is 18.1 Å². The number of carbonyl (C=O) groups is 1. The van der Waals surface area contributed by atoms with Crippen LogP contribution in [0, 0.1) is 0 Å². The van der Waals surface area contributed by atoms with Gasteiger partial charge in [0, 0.05) is 31.9 Å². The highest BCUT2D eigenvalue weighted by Crippen LogP contribution is 2.22. The zero-order valence-corrected chi connectivity index (χ0v) is 12.0. The molecule has 0 aliphatic carbocycles. The molecule has 1 aromatic rings. The molecular formula is C14H21ClN2O2. The lowest BCUT2D eigenvalue weighted by Crippen LogP contribution is -2.37. The summed E-state index contributed by atoms with van der Waals surface area (Å²) in [5.41, 5.74) is 2.17.